The van der Waals surface area contributed by atoms with Crippen molar-refractivity contribution in [2.24, 2.45) is 11.7 Å². The van der Waals surface area contributed by atoms with Gasteiger partial charge in [0.05, 0.1) is 0 Å². The van der Waals surface area contributed by atoms with Gasteiger partial charge in [0.15, 0.2) is 0 Å². The molecule has 2 unspecified atom stereocenters. The van der Waals surface area contributed by atoms with E-state index in [4.69, 9.17) is 17.3 Å². The molecular weight excluding hydrogens is 244 g/mol. The lowest BCUT2D eigenvalue weighted by Gasteiger charge is -2.34. The molecule has 0 bridgehead atoms. The Hall–Kier alpha value is -0.570. The Morgan fingerprint density at radius 3 is 2.33 bits per heavy atom. The fourth-order valence-corrected chi connectivity index (χ4v) is 2.62. The number of nitrogens with two attached hydrogens (primary N) is 1. The van der Waals surface area contributed by atoms with Crippen LogP contribution in [0.3, 0.4) is 0 Å². The van der Waals surface area contributed by atoms with Crippen LogP contribution in [-0.2, 0) is 0 Å². The van der Waals surface area contributed by atoms with Gasteiger partial charge in [0.25, 0.3) is 0 Å². The molecule has 0 aliphatic carbocycles. The summed E-state index contributed by atoms with van der Waals surface area (Å²) in [6.45, 7) is 7.33. The summed E-state index contributed by atoms with van der Waals surface area (Å²) >= 11 is 6.26. The third-order valence-corrected chi connectivity index (χ3v) is 3.90. The summed E-state index contributed by atoms with van der Waals surface area (Å²) in [5.74, 6) is 0.652. The molecule has 0 spiro atoms. The summed E-state index contributed by atoms with van der Waals surface area (Å²) in [6.07, 6.45) is 1.11. The Bertz CT molecular complexity index is 365. The summed E-state index contributed by atoms with van der Waals surface area (Å²) in [6, 6.07) is 8.72. The maximum Gasteiger partial charge on any atom is 0.0453 e. The van der Waals surface area contributed by atoms with E-state index in [1.807, 2.05) is 18.2 Å². The molecule has 0 saturated carbocycles. The SMILES string of the molecule is CC(C)CC(CN)N(C)C(C)c1ccccc1Cl. The van der Waals surface area contributed by atoms with Crippen LogP contribution in [0.2, 0.25) is 5.02 Å². The second-order valence-electron chi connectivity index (χ2n) is 5.38. The molecule has 0 amide bonds. The first kappa shape index (κ1) is 15.5. The Morgan fingerprint density at radius 1 is 1.22 bits per heavy atom. The Labute approximate surface area is 116 Å². The van der Waals surface area contributed by atoms with Gasteiger partial charge in [0.1, 0.15) is 0 Å². The fourth-order valence-electron chi connectivity index (χ4n) is 2.32. The monoisotopic (exact) mass is 268 g/mol. The lowest BCUT2D eigenvalue weighted by Crippen LogP contribution is -2.40. The van der Waals surface area contributed by atoms with E-state index in [1.165, 1.54) is 5.56 Å². The summed E-state index contributed by atoms with van der Waals surface area (Å²) in [5.41, 5.74) is 7.07. The van der Waals surface area contributed by atoms with Crippen molar-refractivity contribution in [3.05, 3.63) is 34.9 Å². The Kier molecular flexibility index (Phi) is 6.13. The average molecular weight is 269 g/mol. The highest BCUT2D eigenvalue weighted by molar-refractivity contribution is 6.31. The van der Waals surface area contributed by atoms with Crippen LogP contribution < -0.4 is 5.73 Å². The van der Waals surface area contributed by atoms with Gasteiger partial charge in [-0.05, 0) is 37.9 Å². The minimum atomic E-state index is 0.283. The van der Waals surface area contributed by atoms with E-state index in [9.17, 15) is 0 Å². The molecule has 18 heavy (non-hydrogen) atoms. The lowest BCUT2D eigenvalue weighted by atomic mass is 9.99. The molecule has 0 aliphatic heterocycles. The maximum atomic E-state index is 6.26. The number of benzene rings is 1. The second kappa shape index (κ2) is 7.13. The molecule has 1 aromatic carbocycles. The first-order chi connectivity index (χ1) is 8.47. The van der Waals surface area contributed by atoms with Crippen molar-refractivity contribution in [1.82, 2.24) is 4.90 Å². The van der Waals surface area contributed by atoms with Gasteiger partial charge in [-0.25, -0.2) is 0 Å². The highest BCUT2D eigenvalue weighted by atomic mass is 35.5. The molecule has 0 saturated heterocycles. The molecule has 0 aliphatic rings. The summed E-state index contributed by atoms with van der Waals surface area (Å²) in [5, 5.41) is 0.831. The number of hydrogen-bond donors (Lipinski definition) is 1. The molecule has 1 aromatic rings. The zero-order valence-electron chi connectivity index (χ0n) is 11.9. The van der Waals surface area contributed by atoms with Crippen LogP contribution in [0.5, 0.6) is 0 Å². The standard InChI is InChI=1S/C15H25ClN2/c1-11(2)9-13(10-17)18(4)12(3)14-7-5-6-8-15(14)16/h5-8,11-13H,9-10,17H2,1-4H3. The van der Waals surface area contributed by atoms with Gasteiger partial charge in [-0.3, -0.25) is 4.90 Å². The van der Waals surface area contributed by atoms with Crippen molar-refractivity contribution >= 4 is 11.6 Å². The van der Waals surface area contributed by atoms with E-state index in [-0.39, 0.29) is 6.04 Å². The van der Waals surface area contributed by atoms with Crippen molar-refractivity contribution in [3.8, 4) is 0 Å². The van der Waals surface area contributed by atoms with E-state index in [2.05, 4.69) is 38.8 Å². The van der Waals surface area contributed by atoms with Crippen molar-refractivity contribution in [3.63, 3.8) is 0 Å². The second-order valence-corrected chi connectivity index (χ2v) is 5.79. The quantitative estimate of drug-likeness (QED) is 0.852. The average Bonchev–Trinajstić information content (AvgIpc) is 2.34. The molecule has 1 rings (SSSR count). The first-order valence-electron chi connectivity index (χ1n) is 6.63. The van der Waals surface area contributed by atoms with Gasteiger partial charge in [0.2, 0.25) is 0 Å². The smallest absolute Gasteiger partial charge is 0.0453 e. The van der Waals surface area contributed by atoms with Gasteiger partial charge < -0.3 is 5.73 Å². The number of halogens is 1. The van der Waals surface area contributed by atoms with Crippen LogP contribution in [-0.4, -0.2) is 24.5 Å². The van der Waals surface area contributed by atoms with Gasteiger partial charge in [-0.15, -0.1) is 0 Å². The van der Waals surface area contributed by atoms with Crippen LogP contribution in [0.4, 0.5) is 0 Å². The third-order valence-electron chi connectivity index (χ3n) is 3.56. The molecule has 2 N–H and O–H groups in total. The van der Waals surface area contributed by atoms with Crippen LogP contribution in [0.1, 0.15) is 38.8 Å². The van der Waals surface area contributed by atoms with Gasteiger partial charge in [-0.2, -0.15) is 0 Å². The number of likely N-dealkylation sites (N-methyl/N-ethyl adjacent to an activating group) is 1. The molecule has 102 valence electrons. The van der Waals surface area contributed by atoms with Crippen molar-refractivity contribution in [1.29, 1.82) is 0 Å². The molecular formula is C15H25ClN2. The molecule has 2 nitrogen and oxygen atoms in total. The zero-order chi connectivity index (χ0) is 13.7. The predicted molar refractivity (Wildman–Crippen MR) is 79.9 cm³/mol. The molecule has 2 atom stereocenters. The fraction of sp³-hybridized carbons (Fsp3) is 0.600. The van der Waals surface area contributed by atoms with Gasteiger partial charge in [0, 0.05) is 23.7 Å². The largest absolute Gasteiger partial charge is 0.329 e. The van der Waals surface area contributed by atoms with Crippen LogP contribution in [0.15, 0.2) is 24.3 Å². The molecule has 0 radical (unpaired) electrons. The molecule has 3 heteroatoms. The third kappa shape index (κ3) is 3.98. The molecule has 0 fully saturated rings. The molecule has 0 aromatic heterocycles. The normalized spacial score (nSPS) is 15.1. The van der Waals surface area contributed by atoms with E-state index in [1.54, 1.807) is 0 Å². The zero-order valence-corrected chi connectivity index (χ0v) is 12.6. The van der Waals surface area contributed by atoms with Crippen LogP contribution >= 0.6 is 11.6 Å². The maximum absolute atomic E-state index is 6.26. The lowest BCUT2D eigenvalue weighted by molar-refractivity contribution is 0.167. The number of rotatable bonds is 6. The summed E-state index contributed by atoms with van der Waals surface area (Å²) in [7, 11) is 2.13. The van der Waals surface area contributed by atoms with Crippen LogP contribution in [0, 0.1) is 5.92 Å². The molecule has 0 heterocycles. The Morgan fingerprint density at radius 2 is 1.83 bits per heavy atom. The number of nitrogens with zero attached hydrogens (tertiary/aromatic N) is 1. The summed E-state index contributed by atoms with van der Waals surface area (Å²) in [4.78, 5) is 2.33. The highest BCUT2D eigenvalue weighted by Crippen LogP contribution is 2.28. The minimum absolute atomic E-state index is 0.283. The Balaban J connectivity index is 2.82. The topological polar surface area (TPSA) is 29.3 Å². The van der Waals surface area contributed by atoms with E-state index in [0.29, 0.717) is 18.5 Å². The first-order valence-corrected chi connectivity index (χ1v) is 7.01. The van der Waals surface area contributed by atoms with E-state index in [0.717, 1.165) is 11.4 Å². The van der Waals surface area contributed by atoms with Crippen molar-refractivity contribution in [2.75, 3.05) is 13.6 Å². The summed E-state index contributed by atoms with van der Waals surface area (Å²) < 4.78 is 0. The van der Waals surface area contributed by atoms with E-state index >= 15 is 0 Å². The van der Waals surface area contributed by atoms with Gasteiger partial charge >= 0.3 is 0 Å². The highest BCUT2D eigenvalue weighted by Gasteiger charge is 2.21. The predicted octanol–water partition coefficient (Wildman–Crippen LogP) is 3.71. The van der Waals surface area contributed by atoms with Gasteiger partial charge in [-0.1, -0.05) is 43.6 Å². The van der Waals surface area contributed by atoms with Crippen LogP contribution in [0.25, 0.3) is 0 Å². The van der Waals surface area contributed by atoms with E-state index < -0.39 is 0 Å². The van der Waals surface area contributed by atoms with Crippen molar-refractivity contribution in [2.45, 2.75) is 39.3 Å². The number of hydrogen-bond acceptors (Lipinski definition) is 2. The van der Waals surface area contributed by atoms with Crippen molar-refractivity contribution < 1.29 is 0 Å². The minimum Gasteiger partial charge on any atom is -0.329 e.